The summed E-state index contributed by atoms with van der Waals surface area (Å²) in [4.78, 5) is 6.76. The van der Waals surface area contributed by atoms with Crippen LogP contribution >= 0.6 is 12.2 Å². The molecule has 30 heavy (non-hydrogen) atoms. The van der Waals surface area contributed by atoms with E-state index in [2.05, 4.69) is 38.2 Å². The average molecular weight is 419 g/mol. The molecule has 5 nitrogen and oxygen atoms in total. The summed E-state index contributed by atoms with van der Waals surface area (Å²) in [7, 11) is 0. The molecule has 2 fully saturated rings. The van der Waals surface area contributed by atoms with Crippen LogP contribution in [0.4, 0.5) is 5.69 Å². The van der Waals surface area contributed by atoms with Crippen molar-refractivity contribution in [2.24, 2.45) is 0 Å². The van der Waals surface area contributed by atoms with Gasteiger partial charge >= 0.3 is 0 Å². The number of thiocarbonyl (C=S) groups is 1. The number of pyridine rings is 1. The molecule has 2 N–H and O–H groups in total. The summed E-state index contributed by atoms with van der Waals surface area (Å²) >= 11 is 5.76. The van der Waals surface area contributed by atoms with Gasteiger partial charge in [0.1, 0.15) is 5.75 Å². The van der Waals surface area contributed by atoms with Crippen LogP contribution in [0.5, 0.6) is 5.75 Å². The lowest BCUT2D eigenvalue weighted by molar-refractivity contribution is 0.353. The largest absolute Gasteiger partial charge is 0.508 e. The van der Waals surface area contributed by atoms with E-state index in [0.29, 0.717) is 11.2 Å². The summed E-state index contributed by atoms with van der Waals surface area (Å²) in [5.74, 6) is 0.248. The maximum atomic E-state index is 9.75. The molecule has 2 aliphatic rings. The van der Waals surface area contributed by atoms with Crippen molar-refractivity contribution in [1.82, 2.24) is 14.9 Å². The van der Waals surface area contributed by atoms with Crippen molar-refractivity contribution in [2.45, 2.75) is 50.2 Å². The van der Waals surface area contributed by atoms with E-state index in [1.54, 1.807) is 12.1 Å². The first kappa shape index (κ1) is 19.1. The van der Waals surface area contributed by atoms with Gasteiger partial charge in [0.25, 0.3) is 0 Å². The van der Waals surface area contributed by atoms with Gasteiger partial charge in [-0.2, -0.15) is 0 Å². The Labute approximate surface area is 182 Å². The van der Waals surface area contributed by atoms with E-state index in [1.807, 2.05) is 36.5 Å². The quantitative estimate of drug-likeness (QED) is 0.565. The molecule has 3 aromatic rings. The highest BCUT2D eigenvalue weighted by atomic mass is 32.1. The number of nitrogens with zero attached hydrogens (tertiary/aromatic N) is 3. The fraction of sp³-hybridized carbons (Fsp3) is 0.333. The van der Waals surface area contributed by atoms with E-state index in [9.17, 15) is 5.11 Å². The van der Waals surface area contributed by atoms with Gasteiger partial charge in [-0.15, -0.1) is 0 Å². The van der Waals surface area contributed by atoms with Crippen LogP contribution in [0.1, 0.15) is 61.5 Å². The third kappa shape index (κ3) is 3.56. The smallest absolute Gasteiger partial charge is 0.174 e. The first-order valence-electron chi connectivity index (χ1n) is 10.7. The van der Waals surface area contributed by atoms with Gasteiger partial charge in [0, 0.05) is 30.3 Å². The normalized spacial score (nSPS) is 22.3. The molecule has 0 radical (unpaired) electrons. The molecular weight excluding hydrogens is 392 g/mol. The van der Waals surface area contributed by atoms with Crippen LogP contribution in [0.3, 0.4) is 0 Å². The van der Waals surface area contributed by atoms with Gasteiger partial charge in [0.05, 0.1) is 17.8 Å². The Hall–Kier alpha value is -2.86. The highest BCUT2D eigenvalue weighted by Gasteiger charge is 2.41. The summed E-state index contributed by atoms with van der Waals surface area (Å²) in [5.41, 5.74) is 3.15. The first-order chi connectivity index (χ1) is 14.7. The Kier molecular flexibility index (Phi) is 5.17. The zero-order chi connectivity index (χ0) is 20.5. The van der Waals surface area contributed by atoms with Gasteiger partial charge in [-0.05, 0) is 73.1 Å². The predicted molar refractivity (Wildman–Crippen MR) is 123 cm³/mol. The number of hydrogen-bond donors (Lipinski definition) is 2. The topological polar surface area (TPSA) is 53.3 Å². The second-order valence-electron chi connectivity index (χ2n) is 8.20. The van der Waals surface area contributed by atoms with Gasteiger partial charge in [0.15, 0.2) is 5.11 Å². The molecule has 2 atom stereocenters. The maximum Gasteiger partial charge on any atom is 0.174 e. The van der Waals surface area contributed by atoms with Crippen molar-refractivity contribution in [3.63, 3.8) is 0 Å². The van der Waals surface area contributed by atoms with Crippen LogP contribution in [0.2, 0.25) is 0 Å². The van der Waals surface area contributed by atoms with Crippen molar-refractivity contribution >= 4 is 23.0 Å². The van der Waals surface area contributed by atoms with Crippen LogP contribution in [0.25, 0.3) is 0 Å². The molecular formula is C24H26N4OS. The number of rotatable bonds is 4. The number of aromatic hydroxyl groups is 1. The molecule has 0 amide bonds. The van der Waals surface area contributed by atoms with E-state index in [1.165, 1.54) is 37.7 Å². The standard InChI is InChI=1S/C24H26N4OS/c29-20-11-9-19(10-12-20)28-23(22(26-24(28)30)21-8-4-5-14-25-21)17-13-15-27(16-17)18-6-2-1-3-7-18/h4-5,8-16,18,22-23,29H,1-3,6-7H2,(H,26,30)/t22-,23+/m0/s1. The first-order valence-corrected chi connectivity index (χ1v) is 11.1. The highest BCUT2D eigenvalue weighted by molar-refractivity contribution is 7.80. The Bertz CT molecular complexity index is 1010. The van der Waals surface area contributed by atoms with Crippen LogP contribution in [0.15, 0.2) is 67.1 Å². The molecule has 5 rings (SSSR count). The molecule has 1 aromatic carbocycles. The van der Waals surface area contributed by atoms with E-state index < -0.39 is 0 Å². The third-order valence-corrected chi connectivity index (χ3v) is 6.62. The van der Waals surface area contributed by atoms with Crippen molar-refractivity contribution in [3.8, 4) is 5.75 Å². The minimum atomic E-state index is -0.0466. The number of hydrogen-bond acceptors (Lipinski definition) is 3. The lowest BCUT2D eigenvalue weighted by atomic mass is 9.95. The molecule has 1 saturated heterocycles. The van der Waals surface area contributed by atoms with Crippen molar-refractivity contribution in [1.29, 1.82) is 0 Å². The number of anilines is 1. The van der Waals surface area contributed by atoms with Gasteiger partial charge in [-0.3, -0.25) is 4.98 Å². The van der Waals surface area contributed by atoms with E-state index in [-0.39, 0.29) is 17.8 Å². The van der Waals surface area contributed by atoms with Crippen LogP contribution in [-0.4, -0.2) is 19.8 Å². The number of aromatic nitrogens is 2. The number of benzene rings is 1. The van der Waals surface area contributed by atoms with Gasteiger partial charge in [-0.1, -0.05) is 25.3 Å². The van der Waals surface area contributed by atoms with Crippen molar-refractivity contribution in [2.75, 3.05) is 4.90 Å². The monoisotopic (exact) mass is 418 g/mol. The maximum absolute atomic E-state index is 9.75. The molecule has 1 saturated carbocycles. The summed E-state index contributed by atoms with van der Waals surface area (Å²) < 4.78 is 2.39. The molecule has 0 spiro atoms. The fourth-order valence-electron chi connectivity index (χ4n) is 4.80. The fourth-order valence-corrected chi connectivity index (χ4v) is 5.14. The minimum Gasteiger partial charge on any atom is -0.508 e. The summed E-state index contributed by atoms with van der Waals surface area (Å²) in [5, 5.41) is 13.9. The molecule has 1 aliphatic carbocycles. The van der Waals surface area contributed by atoms with Crippen LogP contribution in [-0.2, 0) is 0 Å². The van der Waals surface area contributed by atoms with Crippen LogP contribution in [0, 0.1) is 0 Å². The molecule has 0 unspecified atom stereocenters. The second kappa shape index (κ2) is 8.11. The number of phenols is 1. The van der Waals surface area contributed by atoms with E-state index >= 15 is 0 Å². The highest BCUT2D eigenvalue weighted by Crippen LogP contribution is 2.42. The minimum absolute atomic E-state index is 0.0122. The lowest BCUT2D eigenvalue weighted by Gasteiger charge is -2.28. The third-order valence-electron chi connectivity index (χ3n) is 6.30. The Balaban J connectivity index is 1.54. The lowest BCUT2D eigenvalue weighted by Crippen LogP contribution is -2.29. The Morgan fingerprint density at radius 3 is 2.53 bits per heavy atom. The molecule has 3 heterocycles. The van der Waals surface area contributed by atoms with Crippen molar-refractivity contribution in [3.05, 3.63) is 78.4 Å². The van der Waals surface area contributed by atoms with Gasteiger partial charge in [0.2, 0.25) is 0 Å². The van der Waals surface area contributed by atoms with Gasteiger partial charge in [-0.25, -0.2) is 0 Å². The average Bonchev–Trinajstić information content (AvgIpc) is 3.40. The van der Waals surface area contributed by atoms with Crippen LogP contribution < -0.4 is 10.2 Å². The second-order valence-corrected chi connectivity index (χ2v) is 8.58. The zero-order valence-corrected chi connectivity index (χ0v) is 17.6. The number of phenolic OH excluding ortho intramolecular Hbond substituents is 1. The molecule has 154 valence electrons. The van der Waals surface area contributed by atoms with Crippen molar-refractivity contribution < 1.29 is 5.11 Å². The molecule has 0 bridgehead atoms. The summed E-state index contributed by atoms with van der Waals surface area (Å²) in [6, 6.07) is 16.0. The Morgan fingerprint density at radius 2 is 1.80 bits per heavy atom. The summed E-state index contributed by atoms with van der Waals surface area (Å²) in [6.07, 6.45) is 12.8. The van der Waals surface area contributed by atoms with E-state index in [0.717, 1.165) is 11.4 Å². The zero-order valence-electron chi connectivity index (χ0n) is 16.8. The molecule has 1 aliphatic heterocycles. The predicted octanol–water partition coefficient (Wildman–Crippen LogP) is 5.27. The van der Waals surface area contributed by atoms with E-state index in [4.69, 9.17) is 12.2 Å². The molecule has 2 aromatic heterocycles. The summed E-state index contributed by atoms with van der Waals surface area (Å²) in [6.45, 7) is 0. The molecule has 6 heteroatoms. The van der Waals surface area contributed by atoms with Gasteiger partial charge < -0.3 is 19.9 Å². The number of nitrogens with one attached hydrogen (secondary N) is 1. The Morgan fingerprint density at radius 1 is 1.00 bits per heavy atom. The SMILES string of the molecule is Oc1ccc(N2C(=S)N[C@@H](c3ccccn3)[C@H]2c2ccn(C3CCCCC3)c2)cc1.